The molecule has 14 heteroatoms. The van der Waals surface area contributed by atoms with E-state index in [-0.39, 0.29) is 65.0 Å². The molecule has 43 heavy (non-hydrogen) atoms. The molecule has 1 aliphatic heterocycles. The smallest absolute Gasteiger partial charge is 0.321 e. The SMILES string of the molecule is COc1ccc(NC(=O)N(C)C[C@@H]2Oc3ccc(NS(=O)(=O)c4c(C)noc4C)cc3C(=O)N([C@@H](C)CO)C[C@H]2C)cc1. The first kappa shape index (κ1) is 31.6. The zero-order chi connectivity index (χ0) is 31.5. The van der Waals surface area contributed by atoms with Crippen LogP contribution in [0.3, 0.4) is 0 Å². The van der Waals surface area contributed by atoms with Crippen LogP contribution in [0.2, 0.25) is 0 Å². The summed E-state index contributed by atoms with van der Waals surface area (Å²) in [5.41, 5.74) is 1.04. The number of carbonyl (C=O) groups is 2. The van der Waals surface area contributed by atoms with Crippen molar-refractivity contribution in [1.82, 2.24) is 15.0 Å². The first-order valence-corrected chi connectivity index (χ1v) is 15.2. The molecule has 4 rings (SSSR count). The lowest BCUT2D eigenvalue weighted by Gasteiger charge is -2.38. The van der Waals surface area contributed by atoms with Gasteiger partial charge in [0.15, 0.2) is 10.7 Å². The Morgan fingerprint density at radius 1 is 1.21 bits per heavy atom. The summed E-state index contributed by atoms with van der Waals surface area (Å²) >= 11 is 0. The minimum absolute atomic E-state index is 0.0813. The molecule has 0 radical (unpaired) electrons. The van der Waals surface area contributed by atoms with E-state index >= 15 is 0 Å². The molecule has 13 nitrogen and oxygen atoms in total. The average Bonchev–Trinajstić information content (AvgIpc) is 3.33. The number of ether oxygens (including phenoxy) is 2. The Balaban J connectivity index is 1.61. The van der Waals surface area contributed by atoms with Gasteiger partial charge in [-0.3, -0.25) is 9.52 Å². The number of aryl methyl sites for hydroxylation is 2. The standard InChI is InChI=1S/C29H37N5O8S/c1-17-14-34(18(2)16-35)28(36)24-13-22(32-43(38,39)27-19(3)31-42-20(27)4)9-12-25(24)41-26(17)15-33(5)29(37)30-21-7-10-23(40-6)11-8-21/h7-13,17-18,26,32,35H,14-16H2,1-6H3,(H,30,37)/t17-,18+,26+/m1/s1. The van der Waals surface area contributed by atoms with E-state index in [0.29, 0.717) is 11.4 Å². The number of nitrogens with zero attached hydrogens (tertiary/aromatic N) is 3. The van der Waals surface area contributed by atoms with Crippen LogP contribution in [0, 0.1) is 19.8 Å². The van der Waals surface area contributed by atoms with Crippen LogP contribution >= 0.6 is 0 Å². The van der Waals surface area contributed by atoms with E-state index < -0.39 is 28.1 Å². The Morgan fingerprint density at radius 2 is 1.88 bits per heavy atom. The molecule has 2 aromatic carbocycles. The van der Waals surface area contributed by atoms with Crippen LogP contribution in [-0.4, -0.2) is 86.4 Å². The van der Waals surface area contributed by atoms with Gasteiger partial charge in [-0.2, -0.15) is 0 Å². The minimum Gasteiger partial charge on any atom is -0.497 e. The number of sulfonamides is 1. The number of fused-ring (bicyclic) bond motifs is 1. The first-order chi connectivity index (χ1) is 20.3. The maximum absolute atomic E-state index is 13.7. The second kappa shape index (κ2) is 12.9. The average molecular weight is 616 g/mol. The number of urea groups is 1. The van der Waals surface area contributed by atoms with Crippen LogP contribution < -0.4 is 19.5 Å². The van der Waals surface area contributed by atoms with Crippen molar-refractivity contribution in [2.75, 3.05) is 43.9 Å². The Morgan fingerprint density at radius 3 is 2.49 bits per heavy atom. The maximum Gasteiger partial charge on any atom is 0.321 e. The summed E-state index contributed by atoms with van der Waals surface area (Å²) in [5, 5.41) is 16.5. The van der Waals surface area contributed by atoms with Crippen LogP contribution in [0.1, 0.15) is 35.7 Å². The van der Waals surface area contributed by atoms with Crippen molar-refractivity contribution in [3.05, 3.63) is 59.5 Å². The monoisotopic (exact) mass is 615 g/mol. The fourth-order valence-electron chi connectivity index (χ4n) is 4.81. The van der Waals surface area contributed by atoms with E-state index in [0.717, 1.165) is 0 Å². The Labute approximate surface area is 250 Å². The fraction of sp³-hybridized carbons (Fsp3) is 0.414. The van der Waals surface area contributed by atoms with Crippen molar-refractivity contribution in [3.63, 3.8) is 0 Å². The van der Waals surface area contributed by atoms with Gasteiger partial charge in [-0.25, -0.2) is 13.2 Å². The molecule has 232 valence electrons. The molecule has 3 N–H and O–H groups in total. The molecule has 0 fully saturated rings. The van der Waals surface area contributed by atoms with E-state index in [9.17, 15) is 23.1 Å². The molecule has 0 spiro atoms. The van der Waals surface area contributed by atoms with Gasteiger partial charge < -0.3 is 34.2 Å². The summed E-state index contributed by atoms with van der Waals surface area (Å²) in [6.07, 6.45) is -0.545. The molecule has 3 amide bonds. The lowest BCUT2D eigenvalue weighted by atomic mass is 9.99. The van der Waals surface area contributed by atoms with Crippen molar-refractivity contribution in [2.45, 2.75) is 44.7 Å². The number of amides is 3. The van der Waals surface area contributed by atoms with Crippen LogP contribution in [0.15, 0.2) is 51.9 Å². The zero-order valence-corrected chi connectivity index (χ0v) is 25.8. The van der Waals surface area contributed by atoms with Crippen molar-refractivity contribution in [3.8, 4) is 11.5 Å². The number of hydrogen-bond donors (Lipinski definition) is 3. The third-order valence-corrected chi connectivity index (χ3v) is 8.92. The number of benzene rings is 2. The number of anilines is 2. The molecule has 0 aliphatic carbocycles. The van der Waals surface area contributed by atoms with Crippen molar-refractivity contribution in [2.24, 2.45) is 5.92 Å². The molecule has 3 atom stereocenters. The summed E-state index contributed by atoms with van der Waals surface area (Å²) in [5.74, 6) is 0.361. The van der Waals surface area contributed by atoms with Gasteiger partial charge in [-0.15, -0.1) is 0 Å². The predicted octanol–water partition coefficient (Wildman–Crippen LogP) is 3.48. The number of methoxy groups -OCH3 is 1. The molecule has 0 bridgehead atoms. The molecule has 2 heterocycles. The van der Waals surface area contributed by atoms with Crippen LogP contribution in [0.5, 0.6) is 11.5 Å². The van der Waals surface area contributed by atoms with E-state index in [1.165, 1.54) is 41.8 Å². The number of carbonyl (C=O) groups excluding carboxylic acids is 2. The third kappa shape index (κ3) is 7.03. The summed E-state index contributed by atoms with van der Waals surface area (Å²) in [6, 6.07) is 10.5. The quantitative estimate of drug-likeness (QED) is 0.327. The Kier molecular flexibility index (Phi) is 9.50. The second-order valence-electron chi connectivity index (χ2n) is 10.6. The highest BCUT2D eigenvalue weighted by atomic mass is 32.2. The van der Waals surface area contributed by atoms with Crippen LogP contribution in [-0.2, 0) is 10.0 Å². The van der Waals surface area contributed by atoms with E-state index in [1.54, 1.807) is 45.3 Å². The molecule has 3 aromatic rings. The van der Waals surface area contributed by atoms with E-state index in [1.807, 2.05) is 6.92 Å². The topological polar surface area (TPSA) is 164 Å². The van der Waals surface area contributed by atoms with Gasteiger partial charge in [0.1, 0.15) is 23.3 Å². The van der Waals surface area contributed by atoms with Gasteiger partial charge in [0.2, 0.25) is 0 Å². The van der Waals surface area contributed by atoms with Gasteiger partial charge >= 0.3 is 6.03 Å². The van der Waals surface area contributed by atoms with Gasteiger partial charge in [-0.05, 0) is 63.2 Å². The van der Waals surface area contributed by atoms with Gasteiger partial charge in [-0.1, -0.05) is 12.1 Å². The normalized spacial score (nSPS) is 17.7. The molecule has 1 aliphatic rings. The lowest BCUT2D eigenvalue weighted by Crippen LogP contribution is -2.50. The van der Waals surface area contributed by atoms with E-state index in [4.69, 9.17) is 14.0 Å². The minimum atomic E-state index is -4.07. The van der Waals surface area contributed by atoms with Gasteiger partial charge in [0.25, 0.3) is 15.9 Å². The van der Waals surface area contributed by atoms with Gasteiger partial charge in [0, 0.05) is 30.9 Å². The Hall–Kier alpha value is -4.30. The number of hydrogen-bond acceptors (Lipinski definition) is 9. The highest BCUT2D eigenvalue weighted by Crippen LogP contribution is 2.32. The summed E-state index contributed by atoms with van der Waals surface area (Å²) in [7, 11) is -0.871. The van der Waals surface area contributed by atoms with Crippen LogP contribution in [0.25, 0.3) is 0 Å². The number of aromatic nitrogens is 1. The Bertz CT molecular complexity index is 1550. The molecule has 0 saturated heterocycles. The van der Waals surface area contributed by atoms with Crippen LogP contribution in [0.4, 0.5) is 16.2 Å². The molecule has 0 saturated carbocycles. The highest BCUT2D eigenvalue weighted by Gasteiger charge is 2.34. The molecule has 0 unspecified atom stereocenters. The molecule has 1 aromatic heterocycles. The molecular weight excluding hydrogens is 578 g/mol. The van der Waals surface area contributed by atoms with E-state index in [2.05, 4.69) is 15.2 Å². The number of aliphatic hydroxyl groups excluding tert-OH is 1. The first-order valence-electron chi connectivity index (χ1n) is 13.7. The van der Waals surface area contributed by atoms with Crippen molar-refractivity contribution < 1.29 is 37.1 Å². The fourth-order valence-corrected chi connectivity index (χ4v) is 6.20. The summed E-state index contributed by atoms with van der Waals surface area (Å²) in [4.78, 5) is 29.7. The number of aliphatic hydroxyl groups is 1. The predicted molar refractivity (Wildman–Crippen MR) is 159 cm³/mol. The second-order valence-corrected chi connectivity index (χ2v) is 12.3. The lowest BCUT2D eigenvalue weighted by molar-refractivity contribution is 0.0371. The van der Waals surface area contributed by atoms with Crippen molar-refractivity contribution in [1.29, 1.82) is 0 Å². The third-order valence-electron chi connectivity index (χ3n) is 7.30. The van der Waals surface area contributed by atoms with Gasteiger partial charge in [0.05, 0.1) is 31.9 Å². The summed E-state index contributed by atoms with van der Waals surface area (Å²) in [6.45, 7) is 6.78. The largest absolute Gasteiger partial charge is 0.497 e. The maximum atomic E-state index is 13.7. The van der Waals surface area contributed by atoms with Crippen molar-refractivity contribution >= 4 is 33.3 Å². The number of nitrogens with one attached hydrogen (secondary N) is 2. The zero-order valence-electron chi connectivity index (χ0n) is 24.9. The summed E-state index contributed by atoms with van der Waals surface area (Å²) < 4.78 is 45.2. The number of likely N-dealkylation sites (N-methyl/N-ethyl adjacent to an activating group) is 1. The number of rotatable bonds is 9. The molecular formula is C29H37N5O8S. The highest BCUT2D eigenvalue weighted by molar-refractivity contribution is 7.92.